The van der Waals surface area contributed by atoms with Crippen LogP contribution in [0.2, 0.25) is 0 Å². The van der Waals surface area contributed by atoms with E-state index in [4.69, 9.17) is 0 Å². The van der Waals surface area contributed by atoms with E-state index in [0.29, 0.717) is 0 Å². The Morgan fingerprint density at radius 3 is 2.53 bits per heavy atom. The molecule has 0 saturated carbocycles. The number of halogens is 2. The Hall–Kier alpha value is 0.1000. The minimum Gasteiger partial charge on any atom is -0.314 e. The molecule has 0 bridgehead atoms. The zero-order chi connectivity index (χ0) is 10.7. The Morgan fingerprint density at radius 2 is 1.87 bits per heavy atom. The minimum atomic E-state index is 1.05. The highest BCUT2D eigenvalue weighted by molar-refractivity contribution is 9.13. The van der Waals surface area contributed by atoms with Crippen LogP contribution < -0.4 is 5.32 Å². The molecule has 0 atom stereocenters. The number of benzene rings is 1. The average Bonchev–Trinajstić information content (AvgIpc) is 2.25. The summed E-state index contributed by atoms with van der Waals surface area (Å²) in [6, 6.07) is 6.46. The third-order valence-electron chi connectivity index (χ3n) is 2.60. The lowest BCUT2D eigenvalue weighted by atomic mass is 10.2. The van der Waals surface area contributed by atoms with Crippen molar-refractivity contribution >= 4 is 31.9 Å². The first-order valence-electron chi connectivity index (χ1n) is 5.13. The minimum absolute atomic E-state index is 1.05. The van der Waals surface area contributed by atoms with Crippen molar-refractivity contribution in [3.05, 3.63) is 32.7 Å². The molecule has 0 radical (unpaired) electrons. The molecule has 2 rings (SSSR count). The lowest BCUT2D eigenvalue weighted by molar-refractivity contribution is 0.233. The molecule has 1 saturated heterocycles. The number of hydrogen-bond donors (Lipinski definition) is 1. The number of piperazine rings is 1. The van der Waals surface area contributed by atoms with E-state index in [9.17, 15) is 0 Å². The molecule has 0 unspecified atom stereocenters. The van der Waals surface area contributed by atoms with Gasteiger partial charge in [0.25, 0.3) is 0 Å². The van der Waals surface area contributed by atoms with Crippen LogP contribution in [0.1, 0.15) is 5.56 Å². The average molecular weight is 334 g/mol. The van der Waals surface area contributed by atoms with Crippen molar-refractivity contribution in [3.63, 3.8) is 0 Å². The molecule has 15 heavy (non-hydrogen) atoms. The maximum atomic E-state index is 3.53. The van der Waals surface area contributed by atoms with Crippen LogP contribution >= 0.6 is 31.9 Å². The van der Waals surface area contributed by atoms with Crippen LogP contribution in [0.3, 0.4) is 0 Å². The second kappa shape index (κ2) is 5.43. The van der Waals surface area contributed by atoms with Crippen molar-refractivity contribution in [2.45, 2.75) is 6.54 Å². The van der Waals surface area contributed by atoms with Crippen molar-refractivity contribution in [1.82, 2.24) is 10.2 Å². The Labute approximate surface area is 107 Å². The van der Waals surface area contributed by atoms with Crippen molar-refractivity contribution in [3.8, 4) is 0 Å². The second-order valence-electron chi connectivity index (χ2n) is 3.77. The standard InChI is InChI=1S/C11H14Br2N2/c12-10-2-1-9(7-11(10)13)8-15-5-3-14-4-6-15/h1-2,7,14H,3-6,8H2. The van der Waals surface area contributed by atoms with Crippen LogP contribution in [0.5, 0.6) is 0 Å². The van der Waals surface area contributed by atoms with Gasteiger partial charge in [-0.1, -0.05) is 6.07 Å². The molecule has 1 aliphatic rings. The molecule has 0 aromatic heterocycles. The van der Waals surface area contributed by atoms with E-state index < -0.39 is 0 Å². The fourth-order valence-corrected chi connectivity index (χ4v) is 2.44. The van der Waals surface area contributed by atoms with Gasteiger partial charge in [-0.15, -0.1) is 0 Å². The van der Waals surface area contributed by atoms with Gasteiger partial charge < -0.3 is 5.32 Å². The van der Waals surface area contributed by atoms with Gasteiger partial charge in [-0.05, 0) is 49.6 Å². The van der Waals surface area contributed by atoms with Crippen LogP contribution in [0, 0.1) is 0 Å². The molecular weight excluding hydrogens is 320 g/mol. The van der Waals surface area contributed by atoms with E-state index in [2.05, 4.69) is 60.3 Å². The van der Waals surface area contributed by atoms with E-state index in [1.807, 2.05) is 0 Å². The first-order valence-corrected chi connectivity index (χ1v) is 6.71. The molecule has 2 nitrogen and oxygen atoms in total. The Kier molecular flexibility index (Phi) is 4.20. The van der Waals surface area contributed by atoms with Gasteiger partial charge in [0.15, 0.2) is 0 Å². The summed E-state index contributed by atoms with van der Waals surface area (Å²) in [5.74, 6) is 0. The molecular formula is C11H14Br2N2. The lowest BCUT2D eigenvalue weighted by Gasteiger charge is -2.27. The van der Waals surface area contributed by atoms with Gasteiger partial charge in [-0.25, -0.2) is 0 Å². The Morgan fingerprint density at radius 1 is 1.13 bits per heavy atom. The Balaban J connectivity index is 2.00. The summed E-state index contributed by atoms with van der Waals surface area (Å²) in [7, 11) is 0. The largest absolute Gasteiger partial charge is 0.314 e. The molecule has 1 aliphatic heterocycles. The summed E-state index contributed by atoms with van der Waals surface area (Å²) in [6.45, 7) is 5.56. The quantitative estimate of drug-likeness (QED) is 0.895. The monoisotopic (exact) mass is 332 g/mol. The van der Waals surface area contributed by atoms with Gasteiger partial charge in [0.2, 0.25) is 0 Å². The second-order valence-corrected chi connectivity index (χ2v) is 5.48. The smallest absolute Gasteiger partial charge is 0.0320 e. The van der Waals surface area contributed by atoms with Crippen molar-refractivity contribution in [1.29, 1.82) is 0 Å². The highest BCUT2D eigenvalue weighted by atomic mass is 79.9. The fourth-order valence-electron chi connectivity index (χ4n) is 1.77. The normalized spacial score (nSPS) is 18.0. The van der Waals surface area contributed by atoms with E-state index in [0.717, 1.165) is 41.7 Å². The maximum absolute atomic E-state index is 3.53. The molecule has 0 amide bonds. The number of nitrogens with zero attached hydrogens (tertiary/aromatic N) is 1. The van der Waals surface area contributed by atoms with Gasteiger partial charge in [0.1, 0.15) is 0 Å². The summed E-state index contributed by atoms with van der Waals surface area (Å²) in [5.41, 5.74) is 1.37. The molecule has 82 valence electrons. The molecule has 4 heteroatoms. The van der Waals surface area contributed by atoms with Gasteiger partial charge >= 0.3 is 0 Å². The van der Waals surface area contributed by atoms with Gasteiger partial charge in [-0.3, -0.25) is 4.90 Å². The fraction of sp³-hybridized carbons (Fsp3) is 0.455. The van der Waals surface area contributed by atoms with Crippen LogP contribution in [-0.2, 0) is 6.54 Å². The predicted octanol–water partition coefficient (Wildman–Crippen LogP) is 2.62. The zero-order valence-corrected chi connectivity index (χ0v) is 11.6. The summed E-state index contributed by atoms with van der Waals surface area (Å²) in [6.07, 6.45) is 0. The van der Waals surface area contributed by atoms with E-state index in [-0.39, 0.29) is 0 Å². The predicted molar refractivity (Wildman–Crippen MR) is 70.0 cm³/mol. The van der Waals surface area contributed by atoms with Crippen LogP contribution in [0.4, 0.5) is 0 Å². The zero-order valence-electron chi connectivity index (χ0n) is 8.47. The molecule has 1 aromatic rings. The van der Waals surface area contributed by atoms with Crippen LogP contribution in [0.15, 0.2) is 27.1 Å². The molecule has 1 aromatic carbocycles. The summed E-state index contributed by atoms with van der Waals surface area (Å²) < 4.78 is 2.25. The first-order chi connectivity index (χ1) is 7.25. The maximum Gasteiger partial charge on any atom is 0.0320 e. The molecule has 0 spiro atoms. The van der Waals surface area contributed by atoms with E-state index in [1.54, 1.807) is 0 Å². The van der Waals surface area contributed by atoms with E-state index in [1.165, 1.54) is 5.56 Å². The van der Waals surface area contributed by atoms with E-state index >= 15 is 0 Å². The summed E-state index contributed by atoms with van der Waals surface area (Å²) >= 11 is 7.02. The van der Waals surface area contributed by atoms with Crippen LogP contribution in [-0.4, -0.2) is 31.1 Å². The third-order valence-corrected chi connectivity index (χ3v) is 4.48. The number of rotatable bonds is 2. The Bertz CT molecular complexity index is 335. The van der Waals surface area contributed by atoms with Crippen molar-refractivity contribution in [2.24, 2.45) is 0 Å². The molecule has 1 fully saturated rings. The highest BCUT2D eigenvalue weighted by Crippen LogP contribution is 2.24. The van der Waals surface area contributed by atoms with Gasteiger partial charge in [0, 0.05) is 41.7 Å². The third kappa shape index (κ3) is 3.28. The lowest BCUT2D eigenvalue weighted by Crippen LogP contribution is -2.42. The van der Waals surface area contributed by atoms with Crippen molar-refractivity contribution < 1.29 is 0 Å². The highest BCUT2D eigenvalue weighted by Gasteiger charge is 2.10. The van der Waals surface area contributed by atoms with Gasteiger partial charge in [-0.2, -0.15) is 0 Å². The SMILES string of the molecule is Brc1ccc(CN2CCNCC2)cc1Br. The van der Waals surface area contributed by atoms with Crippen LogP contribution in [0.25, 0.3) is 0 Å². The topological polar surface area (TPSA) is 15.3 Å². The first kappa shape index (κ1) is 11.6. The molecule has 0 aliphatic carbocycles. The molecule has 1 N–H and O–H groups in total. The summed E-state index contributed by atoms with van der Waals surface area (Å²) in [4.78, 5) is 2.48. The summed E-state index contributed by atoms with van der Waals surface area (Å²) in [5, 5.41) is 3.36. The van der Waals surface area contributed by atoms with Gasteiger partial charge in [0.05, 0.1) is 0 Å². The number of nitrogens with one attached hydrogen (secondary N) is 1. The number of hydrogen-bond acceptors (Lipinski definition) is 2. The molecule has 1 heterocycles. The van der Waals surface area contributed by atoms with Crippen molar-refractivity contribution in [2.75, 3.05) is 26.2 Å².